The monoisotopic (exact) mass is 377 g/mol. The van der Waals surface area contributed by atoms with E-state index in [9.17, 15) is 18.8 Å². The number of piperidine rings is 1. The van der Waals surface area contributed by atoms with Gasteiger partial charge in [-0.1, -0.05) is 6.07 Å². The fourth-order valence-electron chi connectivity index (χ4n) is 3.62. The van der Waals surface area contributed by atoms with Crippen LogP contribution >= 0.6 is 0 Å². The molecule has 0 bridgehead atoms. The third-order valence-electron chi connectivity index (χ3n) is 5.19. The molecule has 27 heavy (non-hydrogen) atoms. The molecule has 146 valence electrons. The first-order valence-electron chi connectivity index (χ1n) is 9.06. The lowest BCUT2D eigenvalue weighted by Gasteiger charge is -2.30. The van der Waals surface area contributed by atoms with Crippen LogP contribution in [0, 0.1) is 11.7 Å². The number of fused-ring (bicyclic) bond motifs is 1. The van der Waals surface area contributed by atoms with Gasteiger partial charge in [0, 0.05) is 26.6 Å². The van der Waals surface area contributed by atoms with E-state index in [1.165, 1.54) is 19.1 Å². The Balaban J connectivity index is 1.62. The highest BCUT2D eigenvalue weighted by Crippen LogP contribution is 2.41. The van der Waals surface area contributed by atoms with E-state index >= 15 is 0 Å². The Kier molecular flexibility index (Phi) is 5.19. The molecule has 7 nitrogen and oxygen atoms in total. The van der Waals surface area contributed by atoms with Gasteiger partial charge < -0.3 is 10.2 Å². The van der Waals surface area contributed by atoms with Crippen molar-refractivity contribution in [3.63, 3.8) is 0 Å². The van der Waals surface area contributed by atoms with Crippen LogP contribution in [0.15, 0.2) is 18.2 Å². The molecular weight excluding hydrogens is 353 g/mol. The molecule has 0 atom stereocenters. The Labute approximate surface area is 157 Å². The summed E-state index contributed by atoms with van der Waals surface area (Å²) in [6.07, 6.45) is 1.52. The number of carbonyl (C=O) groups excluding carboxylic acids is 3. The molecule has 0 aliphatic carbocycles. The number of nitrogens with zero attached hydrogens (tertiary/aromatic N) is 2. The van der Waals surface area contributed by atoms with Crippen molar-refractivity contribution in [3.8, 4) is 0 Å². The van der Waals surface area contributed by atoms with E-state index in [-0.39, 0.29) is 17.8 Å². The molecule has 3 rings (SSSR count). The summed E-state index contributed by atoms with van der Waals surface area (Å²) >= 11 is 0. The fraction of sp³-hybridized carbons (Fsp3) is 0.526. The number of halogens is 1. The van der Waals surface area contributed by atoms with Crippen molar-refractivity contribution in [1.29, 1.82) is 0 Å². The summed E-state index contributed by atoms with van der Waals surface area (Å²) in [5.74, 6) is -0.985. The van der Waals surface area contributed by atoms with Gasteiger partial charge in [0.1, 0.15) is 5.82 Å². The molecule has 1 saturated heterocycles. The average Bonchev–Trinajstić information content (AvgIpc) is 2.79. The predicted molar refractivity (Wildman–Crippen MR) is 96.4 cm³/mol. The van der Waals surface area contributed by atoms with Crippen LogP contribution in [0.5, 0.6) is 0 Å². The molecule has 8 heteroatoms. The standard InChI is InChI=1S/C19H24FN3O4/c1-12(24)27-22-8-6-13(7-9-22)11-21-18(26)23-16-10-14(20)4-5-15(16)19(2,3)17(23)25/h4-5,10,13H,6-9,11H2,1-3H3,(H,21,26). The Hall–Kier alpha value is -2.48. The molecule has 1 aromatic rings. The number of rotatable bonds is 3. The van der Waals surface area contributed by atoms with Crippen LogP contribution in [0.25, 0.3) is 0 Å². The lowest BCUT2D eigenvalue weighted by atomic mass is 9.86. The predicted octanol–water partition coefficient (Wildman–Crippen LogP) is 2.35. The van der Waals surface area contributed by atoms with Crippen LogP contribution in [-0.4, -0.2) is 42.6 Å². The van der Waals surface area contributed by atoms with Crippen LogP contribution in [0.2, 0.25) is 0 Å². The normalized spacial score (nSPS) is 19.7. The highest BCUT2D eigenvalue weighted by molar-refractivity contribution is 6.22. The molecular formula is C19H24FN3O4. The van der Waals surface area contributed by atoms with Crippen molar-refractivity contribution in [2.24, 2.45) is 5.92 Å². The number of carbonyl (C=O) groups is 3. The molecule has 0 aromatic heterocycles. The van der Waals surface area contributed by atoms with E-state index in [4.69, 9.17) is 4.84 Å². The summed E-state index contributed by atoms with van der Waals surface area (Å²) in [6.45, 7) is 6.42. The number of nitrogens with one attached hydrogen (secondary N) is 1. The molecule has 1 N–H and O–H groups in total. The van der Waals surface area contributed by atoms with Crippen molar-refractivity contribution in [2.45, 2.75) is 39.0 Å². The lowest BCUT2D eigenvalue weighted by Crippen LogP contribution is -2.47. The Morgan fingerprint density at radius 2 is 1.96 bits per heavy atom. The average molecular weight is 377 g/mol. The molecule has 3 amide bonds. The van der Waals surface area contributed by atoms with Crippen molar-refractivity contribution < 1.29 is 23.6 Å². The van der Waals surface area contributed by atoms with Gasteiger partial charge in [-0.2, -0.15) is 0 Å². The molecule has 0 spiro atoms. The minimum atomic E-state index is -0.879. The second-order valence-electron chi connectivity index (χ2n) is 7.57. The maximum Gasteiger partial charge on any atom is 0.328 e. The first-order valence-corrected chi connectivity index (χ1v) is 9.06. The number of amides is 3. The van der Waals surface area contributed by atoms with Crippen molar-refractivity contribution in [2.75, 3.05) is 24.5 Å². The smallest absolute Gasteiger partial charge is 0.328 e. The topological polar surface area (TPSA) is 79.0 Å². The van der Waals surface area contributed by atoms with Gasteiger partial charge in [-0.3, -0.25) is 9.59 Å². The minimum absolute atomic E-state index is 0.221. The summed E-state index contributed by atoms with van der Waals surface area (Å²) in [5, 5.41) is 4.41. The van der Waals surface area contributed by atoms with Gasteiger partial charge in [0.25, 0.3) is 0 Å². The van der Waals surface area contributed by atoms with E-state index in [1.54, 1.807) is 25.0 Å². The zero-order valence-corrected chi connectivity index (χ0v) is 15.8. The number of hydrogen-bond donors (Lipinski definition) is 1. The summed E-state index contributed by atoms with van der Waals surface area (Å²) in [4.78, 5) is 42.4. The van der Waals surface area contributed by atoms with E-state index in [1.807, 2.05) is 0 Å². The zero-order chi connectivity index (χ0) is 19.8. The number of imide groups is 1. The summed E-state index contributed by atoms with van der Waals surface area (Å²) < 4.78 is 13.7. The number of hydrogen-bond acceptors (Lipinski definition) is 5. The maximum absolute atomic E-state index is 13.7. The maximum atomic E-state index is 13.7. The van der Waals surface area contributed by atoms with Crippen LogP contribution in [0.4, 0.5) is 14.9 Å². The van der Waals surface area contributed by atoms with Gasteiger partial charge in [0.2, 0.25) is 5.91 Å². The minimum Gasteiger partial charge on any atom is -0.368 e. The molecule has 2 aliphatic heterocycles. The van der Waals surface area contributed by atoms with E-state index < -0.39 is 17.3 Å². The van der Waals surface area contributed by atoms with Gasteiger partial charge in [-0.15, -0.1) is 5.06 Å². The van der Waals surface area contributed by atoms with Gasteiger partial charge in [-0.05, 0) is 50.3 Å². The first-order chi connectivity index (χ1) is 12.7. The third kappa shape index (κ3) is 3.80. The lowest BCUT2D eigenvalue weighted by molar-refractivity contribution is -0.193. The fourth-order valence-corrected chi connectivity index (χ4v) is 3.62. The highest BCUT2D eigenvalue weighted by Gasteiger charge is 2.46. The SMILES string of the molecule is CC(=O)ON1CCC(CNC(=O)N2C(=O)C(C)(C)c3ccc(F)cc32)CC1. The van der Waals surface area contributed by atoms with Crippen LogP contribution < -0.4 is 10.2 Å². The number of benzene rings is 1. The first kappa shape index (κ1) is 19.3. The molecule has 2 aliphatic rings. The van der Waals surface area contributed by atoms with Crippen LogP contribution in [0.1, 0.15) is 39.2 Å². The second kappa shape index (κ2) is 7.26. The van der Waals surface area contributed by atoms with Gasteiger partial charge in [0.05, 0.1) is 11.1 Å². The third-order valence-corrected chi connectivity index (χ3v) is 5.19. The number of hydroxylamine groups is 2. The number of anilines is 1. The van der Waals surface area contributed by atoms with Gasteiger partial charge in [0.15, 0.2) is 0 Å². The molecule has 0 saturated carbocycles. The summed E-state index contributed by atoms with van der Waals surface area (Å²) in [7, 11) is 0. The van der Waals surface area contributed by atoms with E-state index in [2.05, 4.69) is 5.32 Å². The molecule has 1 aromatic carbocycles. The molecule has 1 fully saturated rings. The Morgan fingerprint density at radius 1 is 1.30 bits per heavy atom. The van der Waals surface area contributed by atoms with Crippen molar-refractivity contribution in [3.05, 3.63) is 29.6 Å². The second-order valence-corrected chi connectivity index (χ2v) is 7.57. The highest BCUT2D eigenvalue weighted by atomic mass is 19.1. The Morgan fingerprint density at radius 3 is 2.59 bits per heavy atom. The summed E-state index contributed by atoms with van der Waals surface area (Å²) in [5.41, 5.74) is 0.0568. The Bertz CT molecular complexity index is 772. The number of urea groups is 1. The van der Waals surface area contributed by atoms with Gasteiger partial charge in [-0.25, -0.2) is 14.1 Å². The van der Waals surface area contributed by atoms with Crippen molar-refractivity contribution in [1.82, 2.24) is 10.4 Å². The summed E-state index contributed by atoms with van der Waals surface area (Å²) in [6, 6.07) is 3.53. The molecule has 2 heterocycles. The zero-order valence-electron chi connectivity index (χ0n) is 15.8. The quantitative estimate of drug-likeness (QED) is 0.875. The van der Waals surface area contributed by atoms with Crippen LogP contribution in [0.3, 0.4) is 0 Å². The van der Waals surface area contributed by atoms with Crippen molar-refractivity contribution >= 4 is 23.6 Å². The largest absolute Gasteiger partial charge is 0.368 e. The van der Waals surface area contributed by atoms with E-state index in [0.717, 1.165) is 17.7 Å². The van der Waals surface area contributed by atoms with Gasteiger partial charge >= 0.3 is 12.0 Å². The van der Waals surface area contributed by atoms with Crippen LogP contribution in [-0.2, 0) is 19.8 Å². The molecule has 0 radical (unpaired) electrons. The molecule has 0 unspecified atom stereocenters. The van der Waals surface area contributed by atoms with E-state index in [0.29, 0.717) is 30.9 Å².